The van der Waals surface area contributed by atoms with Gasteiger partial charge >= 0.3 is 0 Å². The number of nitrogens with zero attached hydrogens (tertiary/aromatic N) is 1. The van der Waals surface area contributed by atoms with E-state index in [1.54, 1.807) is 29.0 Å². The number of aromatic nitrogens is 1. The molecule has 2 aromatic heterocycles. The van der Waals surface area contributed by atoms with Crippen molar-refractivity contribution in [2.24, 2.45) is 0 Å². The van der Waals surface area contributed by atoms with Crippen LogP contribution in [0.5, 0.6) is 0 Å². The zero-order chi connectivity index (χ0) is 13.7. The number of hydrogen-bond donors (Lipinski definition) is 2. The Morgan fingerprint density at radius 2 is 2.47 bits per heavy atom. The molecule has 2 aromatic rings. The molecule has 6 heteroatoms. The number of nitrogens with one attached hydrogen (secondary N) is 1. The van der Waals surface area contributed by atoms with E-state index in [9.17, 15) is 9.90 Å². The van der Waals surface area contributed by atoms with E-state index in [-0.39, 0.29) is 12.5 Å². The highest BCUT2D eigenvalue weighted by Crippen LogP contribution is 2.14. The summed E-state index contributed by atoms with van der Waals surface area (Å²) in [7, 11) is 0. The molecule has 0 radical (unpaired) electrons. The van der Waals surface area contributed by atoms with Crippen LogP contribution in [0, 0.1) is 6.92 Å². The molecule has 0 saturated heterocycles. The molecule has 19 heavy (non-hydrogen) atoms. The lowest BCUT2D eigenvalue weighted by Gasteiger charge is -2.09. The average Bonchev–Trinajstić information content (AvgIpc) is 3.05. The summed E-state index contributed by atoms with van der Waals surface area (Å²) in [6.45, 7) is 2.10. The van der Waals surface area contributed by atoms with Gasteiger partial charge in [-0.25, -0.2) is 4.98 Å². The first kappa shape index (κ1) is 13.8. The van der Waals surface area contributed by atoms with Gasteiger partial charge < -0.3 is 14.8 Å². The van der Waals surface area contributed by atoms with Crippen molar-refractivity contribution in [1.82, 2.24) is 10.3 Å². The van der Waals surface area contributed by atoms with Crippen LogP contribution in [0.1, 0.15) is 28.9 Å². The number of thiazole rings is 1. The van der Waals surface area contributed by atoms with E-state index in [1.165, 1.54) is 6.26 Å². The van der Waals surface area contributed by atoms with Gasteiger partial charge in [0.2, 0.25) is 5.91 Å². The third-order valence-corrected chi connectivity index (χ3v) is 3.78. The topological polar surface area (TPSA) is 75.4 Å². The molecule has 0 fully saturated rings. The minimum absolute atomic E-state index is 0.0848. The van der Waals surface area contributed by atoms with E-state index in [1.807, 2.05) is 6.92 Å². The lowest BCUT2D eigenvalue weighted by Crippen LogP contribution is -2.28. The van der Waals surface area contributed by atoms with Gasteiger partial charge in [0, 0.05) is 11.3 Å². The van der Waals surface area contributed by atoms with E-state index in [0.29, 0.717) is 18.6 Å². The van der Waals surface area contributed by atoms with Crippen molar-refractivity contribution in [1.29, 1.82) is 0 Å². The van der Waals surface area contributed by atoms with Crippen LogP contribution in [0.3, 0.4) is 0 Å². The Morgan fingerprint density at radius 1 is 1.63 bits per heavy atom. The van der Waals surface area contributed by atoms with Gasteiger partial charge in [0.15, 0.2) is 0 Å². The monoisotopic (exact) mass is 280 g/mol. The predicted octanol–water partition coefficient (Wildman–Crippen LogP) is 1.83. The predicted molar refractivity (Wildman–Crippen MR) is 71.8 cm³/mol. The molecule has 0 aliphatic rings. The molecule has 0 aliphatic carbocycles. The Morgan fingerprint density at radius 3 is 3.11 bits per heavy atom. The molecule has 0 saturated carbocycles. The second-order valence-corrected chi connectivity index (χ2v) is 5.14. The molecule has 2 N–H and O–H groups in total. The Labute approximate surface area is 115 Å². The first-order valence-corrected chi connectivity index (χ1v) is 6.92. The lowest BCUT2D eigenvalue weighted by molar-refractivity contribution is -0.121. The van der Waals surface area contributed by atoms with Crippen LogP contribution in [-0.4, -0.2) is 22.5 Å². The average molecular weight is 280 g/mol. The molecule has 1 unspecified atom stereocenters. The van der Waals surface area contributed by atoms with E-state index in [0.717, 1.165) is 10.6 Å². The fourth-order valence-electron chi connectivity index (χ4n) is 1.67. The largest absolute Gasteiger partial charge is 0.467 e. The van der Waals surface area contributed by atoms with Gasteiger partial charge in [-0.05, 0) is 25.5 Å². The molecule has 0 aromatic carbocycles. The quantitative estimate of drug-likeness (QED) is 0.846. The maximum absolute atomic E-state index is 11.7. The summed E-state index contributed by atoms with van der Waals surface area (Å²) < 4.78 is 5.05. The van der Waals surface area contributed by atoms with Gasteiger partial charge in [0.1, 0.15) is 11.9 Å². The Bertz CT molecular complexity index is 522. The van der Waals surface area contributed by atoms with Crippen LogP contribution in [0.15, 0.2) is 28.3 Å². The third-order valence-electron chi connectivity index (χ3n) is 2.79. The van der Waals surface area contributed by atoms with Gasteiger partial charge in [0.25, 0.3) is 0 Å². The molecular formula is C13H16N2O3S. The van der Waals surface area contributed by atoms with Crippen LogP contribution in [0.2, 0.25) is 0 Å². The fourth-order valence-corrected chi connectivity index (χ4v) is 2.45. The third kappa shape index (κ3) is 3.90. The summed E-state index contributed by atoms with van der Waals surface area (Å²) in [4.78, 5) is 16.9. The van der Waals surface area contributed by atoms with Crippen LogP contribution in [-0.2, 0) is 11.2 Å². The second kappa shape index (κ2) is 6.49. The first-order chi connectivity index (χ1) is 9.16. The minimum atomic E-state index is -0.802. The molecule has 0 bridgehead atoms. The highest BCUT2D eigenvalue weighted by Gasteiger charge is 2.12. The molecular weight excluding hydrogens is 264 g/mol. The molecule has 102 valence electrons. The van der Waals surface area contributed by atoms with Crippen LogP contribution in [0.25, 0.3) is 0 Å². The number of aryl methyl sites for hydroxylation is 2. The van der Waals surface area contributed by atoms with E-state index in [4.69, 9.17) is 4.42 Å². The Balaban J connectivity index is 1.72. The van der Waals surface area contributed by atoms with Gasteiger partial charge in [-0.2, -0.15) is 0 Å². The molecule has 1 amide bonds. The van der Waals surface area contributed by atoms with Crippen LogP contribution < -0.4 is 5.32 Å². The fraction of sp³-hybridized carbons (Fsp3) is 0.385. The van der Waals surface area contributed by atoms with Crippen LogP contribution in [0.4, 0.5) is 0 Å². The van der Waals surface area contributed by atoms with Crippen molar-refractivity contribution in [2.45, 2.75) is 25.9 Å². The van der Waals surface area contributed by atoms with Gasteiger partial charge in [0.05, 0.1) is 24.0 Å². The first-order valence-electron chi connectivity index (χ1n) is 6.04. The maximum Gasteiger partial charge on any atom is 0.220 e. The number of furan rings is 1. The SMILES string of the molecule is Cc1ncsc1CCC(=O)NCC(O)c1ccco1. The van der Waals surface area contributed by atoms with Crippen molar-refractivity contribution >= 4 is 17.2 Å². The van der Waals surface area contributed by atoms with E-state index >= 15 is 0 Å². The number of aliphatic hydroxyl groups is 1. The number of rotatable bonds is 6. The van der Waals surface area contributed by atoms with E-state index in [2.05, 4.69) is 10.3 Å². The standard InChI is InChI=1S/C13H16N2O3S/c1-9-12(19-8-15-9)4-5-13(17)14-7-10(16)11-3-2-6-18-11/h2-3,6,8,10,16H,4-5,7H2,1H3,(H,14,17). The smallest absolute Gasteiger partial charge is 0.220 e. The minimum Gasteiger partial charge on any atom is -0.467 e. The van der Waals surface area contributed by atoms with Crippen molar-refractivity contribution < 1.29 is 14.3 Å². The summed E-state index contributed by atoms with van der Waals surface area (Å²) in [6.07, 6.45) is 1.77. The normalized spacial score (nSPS) is 12.3. The van der Waals surface area contributed by atoms with Gasteiger partial charge in [-0.15, -0.1) is 11.3 Å². The second-order valence-electron chi connectivity index (χ2n) is 4.20. The van der Waals surface area contributed by atoms with Crippen molar-refractivity contribution in [3.05, 3.63) is 40.2 Å². The van der Waals surface area contributed by atoms with Crippen molar-refractivity contribution in [3.63, 3.8) is 0 Å². The summed E-state index contributed by atoms with van der Waals surface area (Å²) in [6, 6.07) is 3.38. The molecule has 0 aliphatic heterocycles. The Hall–Kier alpha value is -1.66. The van der Waals surface area contributed by atoms with E-state index < -0.39 is 6.10 Å². The number of hydrogen-bond acceptors (Lipinski definition) is 5. The van der Waals surface area contributed by atoms with Crippen molar-refractivity contribution in [3.8, 4) is 0 Å². The number of aliphatic hydroxyl groups excluding tert-OH is 1. The zero-order valence-electron chi connectivity index (χ0n) is 10.6. The lowest BCUT2D eigenvalue weighted by atomic mass is 10.2. The number of carbonyl (C=O) groups is 1. The summed E-state index contributed by atoms with van der Waals surface area (Å²) >= 11 is 1.56. The highest BCUT2D eigenvalue weighted by atomic mass is 32.1. The van der Waals surface area contributed by atoms with Gasteiger partial charge in [-0.3, -0.25) is 4.79 Å². The Kier molecular flexibility index (Phi) is 4.70. The molecule has 2 rings (SSSR count). The summed E-state index contributed by atoms with van der Waals surface area (Å²) in [5, 5.41) is 12.4. The summed E-state index contributed by atoms with van der Waals surface area (Å²) in [5.41, 5.74) is 2.76. The molecule has 5 nitrogen and oxygen atoms in total. The maximum atomic E-state index is 11.7. The zero-order valence-corrected chi connectivity index (χ0v) is 11.4. The summed E-state index contributed by atoms with van der Waals surface area (Å²) in [5.74, 6) is 0.372. The number of amides is 1. The van der Waals surface area contributed by atoms with Crippen molar-refractivity contribution in [2.75, 3.05) is 6.54 Å². The molecule has 1 atom stereocenters. The van der Waals surface area contributed by atoms with Crippen LogP contribution >= 0.6 is 11.3 Å². The van der Waals surface area contributed by atoms with Gasteiger partial charge in [-0.1, -0.05) is 0 Å². The number of carbonyl (C=O) groups excluding carboxylic acids is 1. The molecule has 2 heterocycles. The highest BCUT2D eigenvalue weighted by molar-refractivity contribution is 7.09. The molecule has 0 spiro atoms.